The molecule has 0 saturated carbocycles. The van der Waals surface area contributed by atoms with Gasteiger partial charge in [-0.3, -0.25) is 14.8 Å². The summed E-state index contributed by atoms with van der Waals surface area (Å²) in [6.07, 6.45) is 5.45. The largest absolute Gasteiger partial charge is 0.359 e. The Bertz CT molecular complexity index is 802. The number of aromatic nitrogens is 1. The van der Waals surface area contributed by atoms with E-state index in [4.69, 9.17) is 0 Å². The zero-order valence-corrected chi connectivity index (χ0v) is 15.9. The van der Waals surface area contributed by atoms with Gasteiger partial charge in [-0.05, 0) is 29.9 Å². The Morgan fingerprint density at radius 3 is 3.00 bits per heavy atom. The quantitative estimate of drug-likeness (QED) is 0.842. The first-order chi connectivity index (χ1) is 12.6. The summed E-state index contributed by atoms with van der Waals surface area (Å²) in [7, 11) is 3.49. The van der Waals surface area contributed by atoms with E-state index in [1.807, 2.05) is 18.5 Å². The molecule has 2 unspecified atom stereocenters. The molecule has 5 nitrogen and oxygen atoms in total. The second kappa shape index (κ2) is 8.41. The Kier molecular flexibility index (Phi) is 5.99. The van der Waals surface area contributed by atoms with Crippen molar-refractivity contribution in [3.05, 3.63) is 41.6 Å². The molecular formula is C21H28N4O. The lowest BCUT2D eigenvalue weighted by molar-refractivity contribution is -0.121. The molecule has 1 aromatic heterocycles. The zero-order chi connectivity index (χ0) is 18.5. The monoisotopic (exact) mass is 352 g/mol. The van der Waals surface area contributed by atoms with Crippen LogP contribution >= 0.6 is 0 Å². The van der Waals surface area contributed by atoms with Crippen LogP contribution in [0.3, 0.4) is 0 Å². The van der Waals surface area contributed by atoms with Crippen LogP contribution in [-0.4, -0.2) is 55.7 Å². The van der Waals surface area contributed by atoms with E-state index in [0.717, 1.165) is 30.7 Å². The third kappa shape index (κ3) is 4.10. The van der Waals surface area contributed by atoms with Crippen molar-refractivity contribution in [2.75, 3.05) is 33.7 Å². The third-order valence-electron chi connectivity index (χ3n) is 5.21. The third-order valence-corrected chi connectivity index (χ3v) is 5.21. The van der Waals surface area contributed by atoms with Gasteiger partial charge in [-0.25, -0.2) is 0 Å². The predicted molar refractivity (Wildman–Crippen MR) is 107 cm³/mol. The summed E-state index contributed by atoms with van der Waals surface area (Å²) >= 11 is 0. The average Bonchev–Trinajstić information content (AvgIpc) is 2.66. The number of benzene rings is 1. The fraction of sp³-hybridized carbons (Fsp3) is 0.476. The fourth-order valence-corrected chi connectivity index (χ4v) is 4.07. The summed E-state index contributed by atoms with van der Waals surface area (Å²) in [6, 6.07) is 8.54. The van der Waals surface area contributed by atoms with Crippen molar-refractivity contribution >= 4 is 23.0 Å². The molecule has 2 atom stereocenters. The Hall–Kier alpha value is -2.27. The van der Waals surface area contributed by atoms with Crippen LogP contribution in [0.25, 0.3) is 10.9 Å². The molecule has 0 radical (unpaired) electrons. The molecule has 2 aromatic rings. The van der Waals surface area contributed by atoms with Crippen LogP contribution in [0.1, 0.15) is 36.8 Å². The van der Waals surface area contributed by atoms with Crippen molar-refractivity contribution in [2.24, 2.45) is 10.9 Å². The van der Waals surface area contributed by atoms with Crippen LogP contribution < -0.4 is 5.32 Å². The SMILES string of the molecule is C/N=C/c1ccc(C2CC(C)CN(CCC(=O)NC)C2)c2cccnc12. The standard InChI is InChI=1S/C21H28N4O/c1-15-11-17(14-25(13-15)10-8-20(26)23-3)18-7-6-16(12-22-2)21-19(18)5-4-9-24-21/h4-7,9,12,15,17H,8,10-11,13-14H2,1-3H3,(H,23,26)/b22-12+. The van der Waals surface area contributed by atoms with E-state index in [0.29, 0.717) is 18.3 Å². The number of aliphatic imine (C=N–C) groups is 1. The Balaban J connectivity index is 1.88. The molecule has 0 aliphatic carbocycles. The highest BCUT2D eigenvalue weighted by Crippen LogP contribution is 2.34. The van der Waals surface area contributed by atoms with Gasteiger partial charge in [0.25, 0.3) is 0 Å². The number of hydrogen-bond donors (Lipinski definition) is 1. The summed E-state index contributed by atoms with van der Waals surface area (Å²) in [5.74, 6) is 1.18. The van der Waals surface area contributed by atoms with E-state index < -0.39 is 0 Å². The lowest BCUT2D eigenvalue weighted by Gasteiger charge is -2.37. The maximum absolute atomic E-state index is 11.6. The smallest absolute Gasteiger partial charge is 0.221 e. The number of amides is 1. The highest BCUT2D eigenvalue weighted by atomic mass is 16.1. The van der Waals surface area contributed by atoms with Crippen LogP contribution in [0, 0.1) is 5.92 Å². The number of nitrogens with zero attached hydrogens (tertiary/aromatic N) is 3. The molecule has 3 rings (SSSR count). The fourth-order valence-electron chi connectivity index (χ4n) is 4.07. The highest BCUT2D eigenvalue weighted by molar-refractivity contribution is 5.98. The molecule has 1 aromatic carbocycles. The maximum Gasteiger partial charge on any atom is 0.221 e. The van der Waals surface area contributed by atoms with E-state index in [9.17, 15) is 4.79 Å². The summed E-state index contributed by atoms with van der Waals surface area (Å²) in [4.78, 5) is 22.8. The van der Waals surface area contributed by atoms with Crippen molar-refractivity contribution in [3.63, 3.8) is 0 Å². The van der Waals surface area contributed by atoms with Crippen LogP contribution in [0.2, 0.25) is 0 Å². The summed E-state index contributed by atoms with van der Waals surface area (Å²) < 4.78 is 0. The lowest BCUT2D eigenvalue weighted by Crippen LogP contribution is -2.40. The van der Waals surface area contributed by atoms with Gasteiger partial charge >= 0.3 is 0 Å². The van der Waals surface area contributed by atoms with Crippen molar-refractivity contribution < 1.29 is 4.79 Å². The molecule has 2 heterocycles. The number of pyridine rings is 1. The van der Waals surface area contributed by atoms with Crippen molar-refractivity contribution in [2.45, 2.75) is 25.7 Å². The van der Waals surface area contributed by atoms with Gasteiger partial charge in [-0.15, -0.1) is 0 Å². The number of hydrogen-bond acceptors (Lipinski definition) is 4. The average molecular weight is 352 g/mol. The number of likely N-dealkylation sites (tertiary alicyclic amines) is 1. The molecular weight excluding hydrogens is 324 g/mol. The first kappa shape index (κ1) is 18.5. The number of carbonyl (C=O) groups excluding carboxylic acids is 1. The van der Waals surface area contributed by atoms with E-state index in [1.165, 1.54) is 17.4 Å². The Labute approximate surface area is 155 Å². The topological polar surface area (TPSA) is 57.6 Å². The zero-order valence-electron chi connectivity index (χ0n) is 15.9. The molecule has 0 spiro atoms. The number of carbonyl (C=O) groups is 1. The van der Waals surface area contributed by atoms with E-state index in [-0.39, 0.29) is 5.91 Å². The van der Waals surface area contributed by atoms with Gasteiger partial charge in [0.2, 0.25) is 5.91 Å². The number of nitrogens with one attached hydrogen (secondary N) is 1. The second-order valence-electron chi connectivity index (χ2n) is 7.25. The highest BCUT2D eigenvalue weighted by Gasteiger charge is 2.27. The van der Waals surface area contributed by atoms with Gasteiger partial charge < -0.3 is 10.2 Å². The van der Waals surface area contributed by atoms with Crippen molar-refractivity contribution in [1.82, 2.24) is 15.2 Å². The van der Waals surface area contributed by atoms with E-state index in [1.54, 1.807) is 14.1 Å². The minimum atomic E-state index is 0.109. The van der Waals surface area contributed by atoms with Gasteiger partial charge in [-0.2, -0.15) is 0 Å². The molecule has 1 aliphatic rings. The molecule has 1 N–H and O–H groups in total. The first-order valence-electron chi connectivity index (χ1n) is 9.35. The van der Waals surface area contributed by atoms with Gasteiger partial charge in [-0.1, -0.05) is 25.1 Å². The molecule has 0 bridgehead atoms. The Morgan fingerprint density at radius 1 is 1.38 bits per heavy atom. The van der Waals surface area contributed by atoms with Crippen molar-refractivity contribution in [3.8, 4) is 0 Å². The minimum absolute atomic E-state index is 0.109. The van der Waals surface area contributed by atoms with E-state index >= 15 is 0 Å². The lowest BCUT2D eigenvalue weighted by atomic mass is 9.83. The first-order valence-corrected chi connectivity index (χ1v) is 9.35. The van der Waals surface area contributed by atoms with E-state index in [2.05, 4.69) is 45.3 Å². The second-order valence-corrected chi connectivity index (χ2v) is 7.25. The number of fused-ring (bicyclic) bond motifs is 1. The molecule has 1 aliphatic heterocycles. The van der Waals surface area contributed by atoms with Gasteiger partial charge in [0.05, 0.1) is 5.52 Å². The van der Waals surface area contributed by atoms with Crippen LogP contribution in [0.15, 0.2) is 35.5 Å². The van der Waals surface area contributed by atoms with Crippen LogP contribution in [0.4, 0.5) is 0 Å². The van der Waals surface area contributed by atoms with Crippen molar-refractivity contribution in [1.29, 1.82) is 0 Å². The van der Waals surface area contributed by atoms with Gasteiger partial charge in [0, 0.05) is 63.5 Å². The molecule has 1 fully saturated rings. The van der Waals surface area contributed by atoms with Crippen LogP contribution in [0.5, 0.6) is 0 Å². The van der Waals surface area contributed by atoms with Crippen LogP contribution in [-0.2, 0) is 4.79 Å². The molecule has 26 heavy (non-hydrogen) atoms. The number of piperidine rings is 1. The molecule has 1 amide bonds. The van der Waals surface area contributed by atoms with Gasteiger partial charge in [0.15, 0.2) is 0 Å². The Morgan fingerprint density at radius 2 is 2.23 bits per heavy atom. The normalized spacial score (nSPS) is 21.3. The summed E-state index contributed by atoms with van der Waals surface area (Å²) in [6.45, 7) is 5.17. The van der Waals surface area contributed by atoms with Gasteiger partial charge in [0.1, 0.15) is 0 Å². The number of rotatable bonds is 5. The summed E-state index contributed by atoms with van der Waals surface area (Å²) in [5.41, 5.74) is 3.44. The summed E-state index contributed by atoms with van der Waals surface area (Å²) in [5, 5.41) is 3.93. The molecule has 1 saturated heterocycles. The predicted octanol–water partition coefficient (Wildman–Crippen LogP) is 2.85. The minimum Gasteiger partial charge on any atom is -0.359 e. The molecule has 5 heteroatoms. The maximum atomic E-state index is 11.6. The molecule has 138 valence electrons.